The second-order valence-electron chi connectivity index (χ2n) is 6.62. The molecule has 1 N–H and O–H groups in total. The Balaban J connectivity index is 1.54. The van der Waals surface area contributed by atoms with Crippen molar-refractivity contribution < 1.29 is 21.6 Å². The SMILES string of the molecule is COc1cccc(S(=O)(=O)NCC2CCN(S(=O)(=O)C3CC3)CC2)c1. The highest BCUT2D eigenvalue weighted by Gasteiger charge is 2.41. The molecule has 0 amide bonds. The van der Waals surface area contributed by atoms with E-state index in [0.717, 1.165) is 12.8 Å². The van der Waals surface area contributed by atoms with Gasteiger partial charge >= 0.3 is 0 Å². The number of sulfonamides is 2. The Labute approximate surface area is 149 Å². The minimum atomic E-state index is -3.60. The van der Waals surface area contributed by atoms with E-state index in [2.05, 4.69) is 4.72 Å². The summed E-state index contributed by atoms with van der Waals surface area (Å²) < 4.78 is 58.5. The topological polar surface area (TPSA) is 92.8 Å². The largest absolute Gasteiger partial charge is 0.497 e. The summed E-state index contributed by atoms with van der Waals surface area (Å²) in [5, 5.41) is -0.185. The predicted molar refractivity (Wildman–Crippen MR) is 94.4 cm³/mol. The fraction of sp³-hybridized carbons (Fsp3) is 0.625. The van der Waals surface area contributed by atoms with E-state index in [4.69, 9.17) is 4.74 Å². The van der Waals surface area contributed by atoms with Crippen molar-refractivity contribution in [1.82, 2.24) is 9.03 Å². The number of hydrogen-bond donors (Lipinski definition) is 1. The van der Waals surface area contributed by atoms with Gasteiger partial charge in [0.2, 0.25) is 20.0 Å². The molecule has 1 heterocycles. The molecule has 3 rings (SSSR count). The third-order valence-corrected chi connectivity index (χ3v) is 8.61. The van der Waals surface area contributed by atoms with Gasteiger partial charge in [0.1, 0.15) is 5.75 Å². The Morgan fingerprint density at radius 1 is 1.12 bits per heavy atom. The molecule has 1 saturated heterocycles. The summed E-state index contributed by atoms with van der Waals surface area (Å²) in [6.07, 6.45) is 2.88. The molecule has 1 aromatic rings. The van der Waals surface area contributed by atoms with Crippen LogP contribution in [-0.2, 0) is 20.0 Å². The number of hydrogen-bond acceptors (Lipinski definition) is 5. The van der Waals surface area contributed by atoms with E-state index in [1.807, 2.05) is 0 Å². The van der Waals surface area contributed by atoms with Gasteiger partial charge in [0.15, 0.2) is 0 Å². The van der Waals surface area contributed by atoms with Gasteiger partial charge in [0.05, 0.1) is 17.3 Å². The maximum atomic E-state index is 12.4. The molecule has 1 aromatic carbocycles. The van der Waals surface area contributed by atoms with Crippen molar-refractivity contribution in [2.75, 3.05) is 26.7 Å². The van der Waals surface area contributed by atoms with E-state index in [1.165, 1.54) is 19.2 Å². The lowest BCUT2D eigenvalue weighted by atomic mass is 9.99. The fourth-order valence-corrected chi connectivity index (χ4v) is 6.05. The van der Waals surface area contributed by atoms with E-state index < -0.39 is 20.0 Å². The molecule has 1 aliphatic carbocycles. The predicted octanol–water partition coefficient (Wildman–Crippen LogP) is 1.18. The number of benzene rings is 1. The maximum absolute atomic E-state index is 12.4. The van der Waals surface area contributed by atoms with E-state index >= 15 is 0 Å². The standard InChI is InChI=1S/C16H24N2O5S2/c1-23-14-3-2-4-16(11-14)24(19,20)17-12-13-7-9-18(10-8-13)25(21,22)15-5-6-15/h2-4,11,13,15,17H,5-10,12H2,1H3. The van der Waals surface area contributed by atoms with Crippen LogP contribution in [0.3, 0.4) is 0 Å². The molecule has 0 radical (unpaired) electrons. The molecule has 0 unspecified atom stereocenters. The first-order valence-electron chi connectivity index (χ1n) is 8.45. The van der Waals surface area contributed by atoms with E-state index in [1.54, 1.807) is 16.4 Å². The summed E-state index contributed by atoms with van der Waals surface area (Å²) in [7, 11) is -5.24. The highest BCUT2D eigenvalue weighted by atomic mass is 32.2. The zero-order valence-electron chi connectivity index (χ0n) is 14.2. The molecule has 7 nitrogen and oxygen atoms in total. The molecule has 0 aromatic heterocycles. The second-order valence-corrected chi connectivity index (χ2v) is 10.6. The van der Waals surface area contributed by atoms with Crippen molar-refractivity contribution in [2.45, 2.75) is 35.8 Å². The summed E-state index contributed by atoms with van der Waals surface area (Å²) >= 11 is 0. The molecule has 0 bridgehead atoms. The highest BCUT2D eigenvalue weighted by molar-refractivity contribution is 7.90. The summed E-state index contributed by atoms with van der Waals surface area (Å²) in [6.45, 7) is 1.27. The monoisotopic (exact) mass is 388 g/mol. The molecule has 9 heteroatoms. The van der Waals surface area contributed by atoms with Crippen LogP contribution >= 0.6 is 0 Å². The van der Waals surface area contributed by atoms with Crippen molar-refractivity contribution in [3.8, 4) is 5.75 Å². The fourth-order valence-electron chi connectivity index (χ4n) is 3.02. The molecule has 25 heavy (non-hydrogen) atoms. The van der Waals surface area contributed by atoms with Crippen molar-refractivity contribution in [2.24, 2.45) is 5.92 Å². The summed E-state index contributed by atoms with van der Waals surface area (Å²) in [6, 6.07) is 6.33. The molecular formula is C16H24N2O5S2. The van der Waals surface area contributed by atoms with Crippen LogP contribution in [0, 0.1) is 5.92 Å². The Kier molecular flexibility index (Phi) is 5.38. The molecule has 1 aliphatic heterocycles. The minimum Gasteiger partial charge on any atom is -0.497 e. The number of ether oxygens (including phenoxy) is 1. The summed E-state index contributed by atoms with van der Waals surface area (Å²) in [5.41, 5.74) is 0. The number of nitrogens with zero attached hydrogens (tertiary/aromatic N) is 1. The van der Waals surface area contributed by atoms with Crippen molar-refractivity contribution in [3.63, 3.8) is 0 Å². The van der Waals surface area contributed by atoms with Gasteiger partial charge in [0, 0.05) is 25.7 Å². The van der Waals surface area contributed by atoms with Gasteiger partial charge in [-0.25, -0.2) is 25.9 Å². The van der Waals surface area contributed by atoms with Gasteiger partial charge in [-0.15, -0.1) is 0 Å². The Morgan fingerprint density at radius 2 is 1.80 bits per heavy atom. The van der Waals surface area contributed by atoms with Crippen LogP contribution in [0.5, 0.6) is 5.75 Å². The van der Waals surface area contributed by atoms with Crippen molar-refractivity contribution >= 4 is 20.0 Å². The normalized spacial score (nSPS) is 20.5. The third-order valence-electron chi connectivity index (χ3n) is 4.79. The van der Waals surface area contributed by atoms with Crippen LogP contribution in [0.25, 0.3) is 0 Å². The first kappa shape index (κ1) is 18.6. The zero-order valence-corrected chi connectivity index (χ0v) is 15.9. The van der Waals surface area contributed by atoms with Crippen LogP contribution < -0.4 is 9.46 Å². The van der Waals surface area contributed by atoms with E-state index in [0.29, 0.717) is 38.2 Å². The lowest BCUT2D eigenvalue weighted by Crippen LogP contribution is -2.42. The first-order chi connectivity index (χ1) is 11.8. The maximum Gasteiger partial charge on any atom is 0.240 e. The average molecular weight is 389 g/mol. The van der Waals surface area contributed by atoms with Crippen LogP contribution in [0.2, 0.25) is 0 Å². The quantitative estimate of drug-likeness (QED) is 0.757. The molecular weight excluding hydrogens is 364 g/mol. The molecule has 140 valence electrons. The van der Waals surface area contributed by atoms with E-state index in [-0.39, 0.29) is 16.1 Å². The third kappa shape index (κ3) is 4.33. The number of methoxy groups -OCH3 is 1. The molecule has 2 aliphatic rings. The molecule has 1 saturated carbocycles. The van der Waals surface area contributed by atoms with Gasteiger partial charge < -0.3 is 4.74 Å². The van der Waals surface area contributed by atoms with Crippen LogP contribution in [0.1, 0.15) is 25.7 Å². The summed E-state index contributed by atoms with van der Waals surface area (Å²) in [4.78, 5) is 0.167. The van der Waals surface area contributed by atoms with Crippen molar-refractivity contribution in [3.05, 3.63) is 24.3 Å². The number of rotatable bonds is 7. The van der Waals surface area contributed by atoms with Crippen LogP contribution in [0.4, 0.5) is 0 Å². The molecule has 2 fully saturated rings. The second kappa shape index (κ2) is 7.22. The summed E-state index contributed by atoms with van der Waals surface area (Å²) in [5.74, 6) is 0.632. The van der Waals surface area contributed by atoms with Gasteiger partial charge in [-0.1, -0.05) is 6.07 Å². The smallest absolute Gasteiger partial charge is 0.240 e. The zero-order chi connectivity index (χ0) is 18.1. The van der Waals surface area contributed by atoms with Crippen molar-refractivity contribution in [1.29, 1.82) is 0 Å². The Bertz CT molecular complexity index is 811. The van der Waals surface area contributed by atoms with Crippen LogP contribution in [-0.4, -0.2) is 53.1 Å². The first-order valence-corrected chi connectivity index (χ1v) is 11.4. The molecule has 0 spiro atoms. The number of piperidine rings is 1. The molecule has 0 atom stereocenters. The lowest BCUT2D eigenvalue weighted by Gasteiger charge is -2.31. The average Bonchev–Trinajstić information content (AvgIpc) is 3.46. The minimum absolute atomic E-state index is 0.144. The van der Waals surface area contributed by atoms with Gasteiger partial charge in [0.25, 0.3) is 0 Å². The highest BCUT2D eigenvalue weighted by Crippen LogP contribution is 2.33. The van der Waals surface area contributed by atoms with Crippen LogP contribution in [0.15, 0.2) is 29.2 Å². The van der Waals surface area contributed by atoms with Gasteiger partial charge in [-0.05, 0) is 43.7 Å². The Morgan fingerprint density at radius 3 is 2.40 bits per heavy atom. The number of nitrogens with one attached hydrogen (secondary N) is 1. The van der Waals surface area contributed by atoms with Gasteiger partial charge in [-0.2, -0.15) is 0 Å². The van der Waals surface area contributed by atoms with Gasteiger partial charge in [-0.3, -0.25) is 0 Å². The Hall–Kier alpha value is -1.16. The lowest BCUT2D eigenvalue weighted by molar-refractivity contribution is 0.274. The van der Waals surface area contributed by atoms with E-state index in [9.17, 15) is 16.8 Å².